The average molecular weight is 308 g/mol. The standard InChI is InChI=1S/C13H16N4O5/c1-15(7-9(19)22-4)11-10(8(18)5-6-14)12(20)17(3)13(21)16(11)2/h5,7H2,1-4H3. The number of likely N-dealkylation sites (N-methyl/N-ethyl adjacent to an activating group) is 1. The predicted octanol–water partition coefficient (Wildman–Crippen LogP) is -1.21. The number of hydrogen-bond donors (Lipinski definition) is 0. The van der Waals surface area contributed by atoms with Gasteiger partial charge < -0.3 is 9.64 Å². The molecule has 0 aliphatic heterocycles. The van der Waals surface area contributed by atoms with E-state index in [0.717, 1.165) is 9.13 Å². The Labute approximate surface area is 125 Å². The van der Waals surface area contributed by atoms with Crippen LogP contribution in [0.3, 0.4) is 0 Å². The summed E-state index contributed by atoms with van der Waals surface area (Å²) in [4.78, 5) is 48.9. The monoisotopic (exact) mass is 308 g/mol. The Bertz CT molecular complexity index is 768. The van der Waals surface area contributed by atoms with Crippen molar-refractivity contribution in [3.63, 3.8) is 0 Å². The maximum Gasteiger partial charge on any atom is 0.332 e. The number of aromatic nitrogens is 2. The molecule has 0 spiro atoms. The number of rotatable bonds is 5. The van der Waals surface area contributed by atoms with Crippen molar-refractivity contribution >= 4 is 17.6 Å². The predicted molar refractivity (Wildman–Crippen MR) is 76.8 cm³/mol. The molecule has 0 unspecified atom stereocenters. The van der Waals surface area contributed by atoms with Gasteiger partial charge in [-0.3, -0.25) is 23.5 Å². The summed E-state index contributed by atoms with van der Waals surface area (Å²) in [6.45, 7) is -0.260. The molecule has 0 radical (unpaired) electrons. The third-order valence-corrected chi connectivity index (χ3v) is 3.11. The molecule has 22 heavy (non-hydrogen) atoms. The molecule has 0 amide bonds. The van der Waals surface area contributed by atoms with Gasteiger partial charge in [0, 0.05) is 21.1 Å². The first-order valence-electron chi connectivity index (χ1n) is 6.24. The van der Waals surface area contributed by atoms with E-state index in [9.17, 15) is 19.2 Å². The van der Waals surface area contributed by atoms with Crippen LogP contribution in [0.2, 0.25) is 0 Å². The second-order valence-electron chi connectivity index (χ2n) is 4.59. The van der Waals surface area contributed by atoms with Crippen LogP contribution in [0.5, 0.6) is 0 Å². The third-order valence-electron chi connectivity index (χ3n) is 3.11. The summed E-state index contributed by atoms with van der Waals surface area (Å²) >= 11 is 0. The molecule has 0 atom stereocenters. The van der Waals surface area contributed by atoms with E-state index in [1.165, 1.54) is 33.2 Å². The SMILES string of the molecule is COC(=O)CN(C)c1c(C(=O)CC#N)c(=O)n(C)c(=O)n1C. The molecule has 0 fully saturated rings. The lowest BCUT2D eigenvalue weighted by molar-refractivity contribution is -0.138. The number of ether oxygens (including phenoxy) is 1. The molecule has 9 heteroatoms. The largest absolute Gasteiger partial charge is 0.468 e. The van der Waals surface area contributed by atoms with Gasteiger partial charge in [0.25, 0.3) is 5.56 Å². The van der Waals surface area contributed by atoms with Gasteiger partial charge in [-0.2, -0.15) is 5.26 Å². The number of ketones is 1. The van der Waals surface area contributed by atoms with Crippen LogP contribution >= 0.6 is 0 Å². The highest BCUT2D eigenvalue weighted by molar-refractivity contribution is 6.01. The molecular weight excluding hydrogens is 292 g/mol. The summed E-state index contributed by atoms with van der Waals surface area (Å²) in [5.41, 5.74) is -1.77. The van der Waals surface area contributed by atoms with Crippen LogP contribution in [0.25, 0.3) is 0 Å². The Morgan fingerprint density at radius 1 is 1.27 bits per heavy atom. The van der Waals surface area contributed by atoms with Crippen LogP contribution in [0.4, 0.5) is 5.82 Å². The zero-order chi connectivity index (χ0) is 17.0. The number of nitrogens with zero attached hydrogens (tertiary/aromatic N) is 4. The van der Waals surface area contributed by atoms with Crippen LogP contribution in [-0.2, 0) is 23.6 Å². The molecule has 9 nitrogen and oxygen atoms in total. The highest BCUT2D eigenvalue weighted by Crippen LogP contribution is 2.15. The Morgan fingerprint density at radius 2 is 1.86 bits per heavy atom. The average Bonchev–Trinajstić information content (AvgIpc) is 2.48. The van der Waals surface area contributed by atoms with Crippen molar-refractivity contribution in [2.24, 2.45) is 14.1 Å². The van der Waals surface area contributed by atoms with Crippen molar-refractivity contribution in [2.45, 2.75) is 6.42 Å². The number of carbonyl (C=O) groups excluding carboxylic acids is 2. The Hall–Kier alpha value is -2.89. The number of methoxy groups -OCH3 is 1. The zero-order valence-corrected chi connectivity index (χ0v) is 12.7. The number of nitriles is 1. The van der Waals surface area contributed by atoms with Crippen LogP contribution in [0.15, 0.2) is 9.59 Å². The van der Waals surface area contributed by atoms with Crippen molar-refractivity contribution < 1.29 is 14.3 Å². The summed E-state index contributed by atoms with van der Waals surface area (Å²) in [5, 5.41) is 8.66. The number of esters is 1. The van der Waals surface area contributed by atoms with E-state index in [2.05, 4.69) is 4.74 Å². The second kappa shape index (κ2) is 6.71. The minimum atomic E-state index is -0.810. The van der Waals surface area contributed by atoms with Gasteiger partial charge in [0.05, 0.1) is 19.6 Å². The first-order chi connectivity index (χ1) is 10.3. The zero-order valence-electron chi connectivity index (χ0n) is 12.7. The summed E-state index contributed by atoms with van der Waals surface area (Å²) in [5.74, 6) is -1.35. The third kappa shape index (κ3) is 3.06. The smallest absolute Gasteiger partial charge is 0.332 e. The Balaban J connectivity index is 3.64. The van der Waals surface area contributed by atoms with Crippen LogP contribution in [0.1, 0.15) is 16.8 Å². The molecular formula is C13H16N4O5. The van der Waals surface area contributed by atoms with Crippen LogP contribution < -0.4 is 16.1 Å². The maximum absolute atomic E-state index is 12.2. The van der Waals surface area contributed by atoms with E-state index in [1.807, 2.05) is 0 Å². The van der Waals surface area contributed by atoms with Crippen molar-refractivity contribution in [3.8, 4) is 6.07 Å². The minimum Gasteiger partial charge on any atom is -0.468 e. The topological polar surface area (TPSA) is 114 Å². The first kappa shape index (κ1) is 17.2. The van der Waals surface area contributed by atoms with Gasteiger partial charge in [-0.25, -0.2) is 4.79 Å². The number of Topliss-reactive ketones (excluding diaryl/α,β-unsaturated/α-hetero) is 1. The van der Waals surface area contributed by atoms with Gasteiger partial charge >= 0.3 is 11.7 Å². The number of hydrogen-bond acceptors (Lipinski definition) is 7. The fourth-order valence-electron chi connectivity index (χ4n) is 2.02. The molecule has 0 saturated heterocycles. The van der Waals surface area contributed by atoms with Crippen LogP contribution in [-0.4, -0.2) is 41.6 Å². The van der Waals surface area contributed by atoms with Gasteiger partial charge in [0.2, 0.25) is 0 Å². The van der Waals surface area contributed by atoms with Crippen molar-refractivity contribution in [2.75, 3.05) is 25.6 Å². The lowest BCUT2D eigenvalue weighted by Crippen LogP contribution is -2.44. The molecule has 0 aromatic carbocycles. The van der Waals surface area contributed by atoms with E-state index < -0.39 is 29.4 Å². The summed E-state index contributed by atoms with van der Waals surface area (Å²) in [7, 11) is 5.24. The van der Waals surface area contributed by atoms with E-state index >= 15 is 0 Å². The second-order valence-corrected chi connectivity index (χ2v) is 4.59. The van der Waals surface area contributed by atoms with Gasteiger partial charge in [-0.1, -0.05) is 0 Å². The maximum atomic E-state index is 12.2. The fraction of sp³-hybridized carbons (Fsp3) is 0.462. The van der Waals surface area contributed by atoms with E-state index in [4.69, 9.17) is 5.26 Å². The fourth-order valence-corrected chi connectivity index (χ4v) is 2.02. The molecule has 0 N–H and O–H groups in total. The van der Waals surface area contributed by atoms with Crippen LogP contribution in [0, 0.1) is 11.3 Å². The van der Waals surface area contributed by atoms with Crippen molar-refractivity contribution in [3.05, 3.63) is 26.4 Å². The quantitative estimate of drug-likeness (QED) is 0.495. The highest BCUT2D eigenvalue weighted by atomic mass is 16.5. The van der Waals surface area contributed by atoms with Crippen molar-refractivity contribution in [1.29, 1.82) is 5.26 Å². The first-order valence-corrected chi connectivity index (χ1v) is 6.24. The van der Waals surface area contributed by atoms with Gasteiger partial charge in [-0.05, 0) is 0 Å². The summed E-state index contributed by atoms with van der Waals surface area (Å²) in [6, 6.07) is 1.67. The van der Waals surface area contributed by atoms with Gasteiger partial charge in [0.1, 0.15) is 17.9 Å². The molecule has 0 saturated carbocycles. The highest BCUT2D eigenvalue weighted by Gasteiger charge is 2.25. The van der Waals surface area contributed by atoms with E-state index in [-0.39, 0.29) is 17.9 Å². The Kier molecular flexibility index (Phi) is 5.23. The minimum absolute atomic E-state index is 0.0289. The van der Waals surface area contributed by atoms with Crippen molar-refractivity contribution in [1.82, 2.24) is 9.13 Å². The normalized spacial score (nSPS) is 9.95. The Morgan fingerprint density at radius 3 is 2.36 bits per heavy atom. The molecule has 1 aromatic heterocycles. The molecule has 1 aromatic rings. The molecule has 0 aliphatic carbocycles. The molecule has 1 heterocycles. The molecule has 0 aliphatic rings. The lowest BCUT2D eigenvalue weighted by Gasteiger charge is -2.23. The van der Waals surface area contributed by atoms with E-state index in [1.54, 1.807) is 6.07 Å². The summed E-state index contributed by atoms with van der Waals surface area (Å²) < 4.78 is 6.38. The number of anilines is 1. The van der Waals surface area contributed by atoms with Gasteiger partial charge in [-0.15, -0.1) is 0 Å². The molecule has 0 bridgehead atoms. The van der Waals surface area contributed by atoms with E-state index in [0.29, 0.717) is 0 Å². The molecule has 1 rings (SSSR count). The van der Waals surface area contributed by atoms with Gasteiger partial charge in [0.15, 0.2) is 5.78 Å². The lowest BCUT2D eigenvalue weighted by atomic mass is 10.1. The summed E-state index contributed by atoms with van der Waals surface area (Å²) in [6.07, 6.45) is -0.507. The number of carbonyl (C=O) groups is 2. The molecule has 118 valence electrons.